The lowest BCUT2D eigenvalue weighted by molar-refractivity contribution is -0.122. The molecule has 1 saturated heterocycles. The monoisotopic (exact) mass is 382 g/mol. The maximum absolute atomic E-state index is 12.1. The van der Waals surface area contributed by atoms with E-state index in [9.17, 15) is 13.2 Å². The normalized spacial score (nSPS) is 22.0. The summed E-state index contributed by atoms with van der Waals surface area (Å²) in [5, 5.41) is 3.39. The van der Waals surface area contributed by atoms with Crippen LogP contribution in [0, 0.1) is 0 Å². The molecule has 2 heterocycles. The summed E-state index contributed by atoms with van der Waals surface area (Å²) in [5.74, 6) is 0.882. The van der Waals surface area contributed by atoms with Gasteiger partial charge < -0.3 is 9.73 Å². The second-order valence-corrected chi connectivity index (χ2v) is 9.14. The second-order valence-electron chi connectivity index (χ2n) is 6.55. The zero-order chi connectivity index (χ0) is 18.1. The van der Waals surface area contributed by atoms with E-state index in [1.54, 1.807) is 19.2 Å². The van der Waals surface area contributed by atoms with Gasteiger partial charge in [0.1, 0.15) is 0 Å². The summed E-state index contributed by atoms with van der Waals surface area (Å²) in [6, 6.07) is 7.29. The summed E-state index contributed by atoms with van der Waals surface area (Å²) >= 11 is 6.13. The van der Waals surface area contributed by atoms with E-state index in [0.717, 1.165) is 5.56 Å². The van der Waals surface area contributed by atoms with E-state index < -0.39 is 15.4 Å². The van der Waals surface area contributed by atoms with Crippen LogP contribution in [0.3, 0.4) is 0 Å². The predicted molar refractivity (Wildman–Crippen MR) is 95.1 cm³/mol. The quantitative estimate of drug-likeness (QED) is 0.858. The molecule has 0 saturated carbocycles. The fraction of sp³-hybridized carbons (Fsp3) is 0.412. The van der Waals surface area contributed by atoms with Crippen LogP contribution in [0.4, 0.5) is 0 Å². The van der Waals surface area contributed by atoms with Crippen molar-refractivity contribution >= 4 is 27.3 Å². The summed E-state index contributed by atoms with van der Waals surface area (Å²) in [6.45, 7) is 1.76. The number of sulfone groups is 1. The summed E-state index contributed by atoms with van der Waals surface area (Å²) in [5.41, 5.74) is 0.0611. The third-order valence-corrected chi connectivity index (χ3v) is 6.44. The van der Waals surface area contributed by atoms with E-state index >= 15 is 0 Å². The van der Waals surface area contributed by atoms with Crippen molar-refractivity contribution in [1.29, 1.82) is 0 Å². The van der Waals surface area contributed by atoms with E-state index in [1.165, 1.54) is 0 Å². The maximum atomic E-state index is 12.1. The second kappa shape index (κ2) is 6.80. The molecular formula is C17H19ClN2O4S. The fourth-order valence-electron chi connectivity index (χ4n) is 2.94. The molecule has 25 heavy (non-hydrogen) atoms. The Kier molecular flexibility index (Phi) is 4.88. The highest BCUT2D eigenvalue weighted by Gasteiger charge is 2.39. The third-order valence-electron chi connectivity index (χ3n) is 4.20. The first-order valence-electron chi connectivity index (χ1n) is 7.97. The van der Waals surface area contributed by atoms with Gasteiger partial charge in [-0.3, -0.25) is 4.79 Å². The highest BCUT2D eigenvalue weighted by molar-refractivity contribution is 7.91. The standard InChI is InChI=1S/C17H19ClN2O4S/c1-17(8-9-25(22,23)11-17)20-15(21)6-7-16-19-10-14(24-16)12-4-2-3-5-13(12)18/h2-5,10H,6-9,11H2,1H3,(H,20,21). The number of nitrogens with one attached hydrogen (secondary N) is 1. The first kappa shape index (κ1) is 17.9. The molecule has 0 bridgehead atoms. The first-order chi connectivity index (χ1) is 11.8. The molecule has 1 aliphatic heterocycles. The van der Waals surface area contributed by atoms with Gasteiger partial charge in [-0.05, 0) is 25.5 Å². The minimum absolute atomic E-state index is 0.0125. The smallest absolute Gasteiger partial charge is 0.220 e. The number of oxazole rings is 1. The van der Waals surface area contributed by atoms with Crippen molar-refractivity contribution in [3.63, 3.8) is 0 Å². The molecule has 1 aromatic carbocycles. The molecule has 1 amide bonds. The van der Waals surface area contributed by atoms with E-state index in [4.69, 9.17) is 16.0 Å². The van der Waals surface area contributed by atoms with Gasteiger partial charge in [0.2, 0.25) is 5.91 Å². The number of aryl methyl sites for hydroxylation is 1. The van der Waals surface area contributed by atoms with Crippen LogP contribution >= 0.6 is 11.6 Å². The number of benzene rings is 1. The van der Waals surface area contributed by atoms with Gasteiger partial charge in [-0.1, -0.05) is 23.7 Å². The third kappa shape index (κ3) is 4.41. The molecule has 1 aliphatic rings. The zero-order valence-corrected chi connectivity index (χ0v) is 15.4. The highest BCUT2D eigenvalue weighted by atomic mass is 35.5. The Morgan fingerprint density at radius 3 is 2.84 bits per heavy atom. The molecule has 6 nitrogen and oxygen atoms in total. The van der Waals surface area contributed by atoms with Crippen LogP contribution in [0.15, 0.2) is 34.9 Å². The molecule has 0 spiro atoms. The van der Waals surface area contributed by atoms with Crippen LogP contribution < -0.4 is 5.32 Å². The molecule has 2 aromatic rings. The predicted octanol–water partition coefficient (Wildman–Crippen LogP) is 2.62. The lowest BCUT2D eigenvalue weighted by Gasteiger charge is -2.23. The number of hydrogen-bond acceptors (Lipinski definition) is 5. The largest absolute Gasteiger partial charge is 0.441 e. The molecule has 1 atom stereocenters. The summed E-state index contributed by atoms with van der Waals surface area (Å²) in [4.78, 5) is 16.3. The minimum Gasteiger partial charge on any atom is -0.441 e. The SMILES string of the molecule is CC1(NC(=O)CCc2ncc(-c3ccccc3Cl)o2)CCS(=O)(=O)C1. The summed E-state index contributed by atoms with van der Waals surface area (Å²) < 4.78 is 28.8. The summed E-state index contributed by atoms with van der Waals surface area (Å²) in [7, 11) is -3.06. The van der Waals surface area contributed by atoms with E-state index in [-0.39, 0.29) is 23.8 Å². The Morgan fingerprint density at radius 1 is 1.40 bits per heavy atom. The van der Waals surface area contributed by atoms with Gasteiger partial charge in [0.25, 0.3) is 0 Å². The molecule has 3 rings (SSSR count). The Balaban J connectivity index is 1.58. The summed E-state index contributed by atoms with van der Waals surface area (Å²) in [6.07, 6.45) is 2.53. The zero-order valence-electron chi connectivity index (χ0n) is 13.8. The number of aromatic nitrogens is 1. The van der Waals surface area contributed by atoms with E-state index in [2.05, 4.69) is 10.3 Å². The lowest BCUT2D eigenvalue weighted by atomic mass is 10.0. The molecule has 0 radical (unpaired) electrons. The van der Waals surface area contributed by atoms with Gasteiger partial charge in [0, 0.05) is 18.4 Å². The van der Waals surface area contributed by atoms with Gasteiger partial charge in [0.15, 0.2) is 21.5 Å². The van der Waals surface area contributed by atoms with E-state index in [1.807, 2.05) is 18.2 Å². The van der Waals surface area contributed by atoms with Gasteiger partial charge >= 0.3 is 0 Å². The molecule has 1 aromatic heterocycles. The number of halogens is 1. The van der Waals surface area contributed by atoms with Crippen molar-refractivity contribution in [3.8, 4) is 11.3 Å². The van der Waals surface area contributed by atoms with Crippen LogP contribution in [-0.2, 0) is 21.1 Å². The van der Waals surface area contributed by atoms with Crippen molar-refractivity contribution in [2.75, 3.05) is 11.5 Å². The van der Waals surface area contributed by atoms with Crippen LogP contribution in [0.25, 0.3) is 11.3 Å². The van der Waals surface area contributed by atoms with Crippen LogP contribution in [-0.4, -0.2) is 36.4 Å². The van der Waals surface area contributed by atoms with Gasteiger partial charge in [-0.2, -0.15) is 0 Å². The number of rotatable bonds is 5. The Morgan fingerprint density at radius 2 is 2.16 bits per heavy atom. The van der Waals surface area contributed by atoms with Gasteiger partial charge in [-0.15, -0.1) is 0 Å². The number of amides is 1. The van der Waals surface area contributed by atoms with Crippen LogP contribution in [0.2, 0.25) is 5.02 Å². The molecule has 8 heteroatoms. The first-order valence-corrected chi connectivity index (χ1v) is 10.2. The van der Waals surface area contributed by atoms with Crippen LogP contribution in [0.5, 0.6) is 0 Å². The Bertz CT molecular complexity index is 894. The average Bonchev–Trinajstić information content (AvgIpc) is 3.10. The van der Waals surface area contributed by atoms with Crippen molar-refractivity contribution in [1.82, 2.24) is 10.3 Å². The minimum atomic E-state index is -3.06. The molecule has 0 aliphatic carbocycles. The van der Waals surface area contributed by atoms with Gasteiger partial charge in [0.05, 0.1) is 28.3 Å². The molecule has 134 valence electrons. The van der Waals surface area contributed by atoms with E-state index in [0.29, 0.717) is 29.5 Å². The van der Waals surface area contributed by atoms with Crippen molar-refractivity contribution in [2.24, 2.45) is 0 Å². The number of carbonyl (C=O) groups is 1. The maximum Gasteiger partial charge on any atom is 0.220 e. The molecule has 1 unspecified atom stereocenters. The lowest BCUT2D eigenvalue weighted by Crippen LogP contribution is -2.47. The van der Waals surface area contributed by atoms with Crippen LogP contribution in [0.1, 0.15) is 25.7 Å². The Labute approximate surface area is 151 Å². The van der Waals surface area contributed by atoms with Crippen molar-refractivity contribution in [3.05, 3.63) is 41.4 Å². The fourth-order valence-corrected chi connectivity index (χ4v) is 5.26. The molecule has 1 fully saturated rings. The Hall–Kier alpha value is -1.86. The average molecular weight is 383 g/mol. The van der Waals surface area contributed by atoms with Gasteiger partial charge in [-0.25, -0.2) is 13.4 Å². The van der Waals surface area contributed by atoms with Crippen molar-refractivity contribution < 1.29 is 17.6 Å². The number of nitrogens with zero attached hydrogens (tertiary/aromatic N) is 1. The number of carbonyl (C=O) groups excluding carboxylic acids is 1. The van der Waals surface area contributed by atoms with Crippen molar-refractivity contribution in [2.45, 2.75) is 31.7 Å². The topological polar surface area (TPSA) is 89.3 Å². The molecule has 1 N–H and O–H groups in total. The number of hydrogen-bond donors (Lipinski definition) is 1. The molecular weight excluding hydrogens is 364 g/mol. The highest BCUT2D eigenvalue weighted by Crippen LogP contribution is 2.28.